The molecule has 0 radical (unpaired) electrons. The highest BCUT2D eigenvalue weighted by Gasteiger charge is 2.67. The van der Waals surface area contributed by atoms with Crippen LogP contribution in [0.25, 0.3) is 0 Å². The van der Waals surface area contributed by atoms with Crippen LogP contribution in [0.4, 0.5) is 0 Å². The van der Waals surface area contributed by atoms with Gasteiger partial charge in [0, 0.05) is 6.42 Å². The lowest BCUT2D eigenvalue weighted by atomic mass is 9.68. The Balaban J connectivity index is 6.39. The van der Waals surface area contributed by atoms with Gasteiger partial charge in [0.25, 0.3) is 0 Å². The molecule has 28 heavy (non-hydrogen) atoms. The lowest BCUT2D eigenvalue weighted by molar-refractivity contribution is -0.225. The molecular formula is C14H18O14. The second kappa shape index (κ2) is 9.09. The van der Waals surface area contributed by atoms with Crippen LogP contribution in [0, 0.1) is 11.8 Å². The van der Waals surface area contributed by atoms with E-state index >= 15 is 0 Å². The molecule has 158 valence electrons. The monoisotopic (exact) mass is 410 g/mol. The molecule has 0 aromatic rings. The number of aliphatic carboxylic acids is 6. The first-order chi connectivity index (χ1) is 12.6. The fraction of sp³-hybridized carbons (Fsp3) is 0.571. The molecule has 0 aromatic carbocycles. The minimum absolute atomic E-state index is 0.714. The molecule has 0 aliphatic heterocycles. The third kappa shape index (κ3) is 5.14. The van der Waals surface area contributed by atoms with E-state index in [9.17, 15) is 49.2 Å². The smallest absolute Gasteiger partial charge is 0.340 e. The van der Waals surface area contributed by atoms with E-state index in [2.05, 4.69) is 0 Å². The van der Waals surface area contributed by atoms with Crippen LogP contribution >= 0.6 is 0 Å². The number of carboxylic acid groups (broad SMARTS) is 6. The lowest BCUT2D eigenvalue weighted by Crippen LogP contribution is -2.69. The molecule has 14 nitrogen and oxygen atoms in total. The zero-order chi connectivity index (χ0) is 22.4. The van der Waals surface area contributed by atoms with Crippen LogP contribution in [0.2, 0.25) is 0 Å². The second-order valence-electron chi connectivity index (χ2n) is 5.90. The van der Waals surface area contributed by atoms with Crippen LogP contribution < -0.4 is 0 Å². The van der Waals surface area contributed by atoms with Crippen molar-refractivity contribution < 1.29 is 69.6 Å². The van der Waals surface area contributed by atoms with Crippen LogP contribution in [-0.4, -0.2) is 87.9 Å². The largest absolute Gasteiger partial charge is 0.481 e. The molecule has 4 unspecified atom stereocenters. The van der Waals surface area contributed by atoms with Gasteiger partial charge in [0.15, 0.2) is 0 Å². The molecule has 0 aromatic heterocycles. The van der Waals surface area contributed by atoms with Crippen LogP contribution in [0.1, 0.15) is 25.7 Å². The predicted octanol–water partition coefficient (Wildman–Crippen LogP) is -2.25. The molecule has 0 rings (SSSR count). The Bertz CT molecular complexity index is 684. The van der Waals surface area contributed by atoms with Crippen molar-refractivity contribution in [3.05, 3.63) is 0 Å². The van der Waals surface area contributed by atoms with E-state index in [1.54, 1.807) is 0 Å². The summed E-state index contributed by atoms with van der Waals surface area (Å²) in [5.74, 6) is -17.5. The van der Waals surface area contributed by atoms with E-state index in [1.165, 1.54) is 0 Å². The van der Waals surface area contributed by atoms with Crippen molar-refractivity contribution >= 4 is 35.8 Å². The van der Waals surface area contributed by atoms with Gasteiger partial charge in [-0.3, -0.25) is 19.2 Å². The Kier molecular flexibility index (Phi) is 8.04. The molecule has 8 N–H and O–H groups in total. The molecule has 14 heteroatoms. The van der Waals surface area contributed by atoms with Crippen LogP contribution in [0.5, 0.6) is 0 Å². The Labute approximate surface area is 155 Å². The van der Waals surface area contributed by atoms with E-state index in [4.69, 9.17) is 20.4 Å². The fourth-order valence-corrected chi connectivity index (χ4v) is 2.58. The summed E-state index contributed by atoms with van der Waals surface area (Å²) in [7, 11) is 0. The summed E-state index contributed by atoms with van der Waals surface area (Å²) in [5, 5.41) is 74.5. The number of carbonyl (C=O) groups is 6. The minimum Gasteiger partial charge on any atom is -0.481 e. The molecule has 0 saturated heterocycles. The molecule has 0 saturated carbocycles. The van der Waals surface area contributed by atoms with Gasteiger partial charge >= 0.3 is 35.8 Å². The van der Waals surface area contributed by atoms with Gasteiger partial charge in [0.1, 0.15) is 5.92 Å². The lowest BCUT2D eigenvalue weighted by Gasteiger charge is -2.40. The summed E-state index contributed by atoms with van der Waals surface area (Å²) in [6.07, 6.45) is -4.74. The number of hydrogen-bond acceptors (Lipinski definition) is 8. The summed E-state index contributed by atoms with van der Waals surface area (Å²) in [6, 6.07) is 0. The Morgan fingerprint density at radius 1 is 0.714 bits per heavy atom. The summed E-state index contributed by atoms with van der Waals surface area (Å²) >= 11 is 0. The van der Waals surface area contributed by atoms with E-state index in [1.807, 2.05) is 0 Å². The minimum atomic E-state index is -4.17. The maximum atomic E-state index is 11.5. The van der Waals surface area contributed by atoms with Crippen molar-refractivity contribution in [2.75, 3.05) is 0 Å². The second-order valence-corrected chi connectivity index (χ2v) is 5.90. The highest BCUT2D eigenvalue weighted by molar-refractivity contribution is 5.97. The molecule has 0 aliphatic carbocycles. The van der Waals surface area contributed by atoms with Crippen molar-refractivity contribution in [2.24, 2.45) is 11.8 Å². The van der Waals surface area contributed by atoms with E-state index in [-0.39, 0.29) is 0 Å². The fourth-order valence-electron chi connectivity index (χ4n) is 2.58. The van der Waals surface area contributed by atoms with E-state index in [0.29, 0.717) is 0 Å². The average molecular weight is 410 g/mol. The van der Waals surface area contributed by atoms with Crippen molar-refractivity contribution in [1.82, 2.24) is 0 Å². The Morgan fingerprint density at radius 2 is 1.21 bits per heavy atom. The van der Waals surface area contributed by atoms with Crippen molar-refractivity contribution in [3.63, 3.8) is 0 Å². The normalized spacial score (nSPS) is 17.4. The Hall–Kier alpha value is -3.26. The molecule has 0 fully saturated rings. The van der Waals surface area contributed by atoms with Crippen molar-refractivity contribution in [2.45, 2.75) is 36.9 Å². The average Bonchev–Trinajstić information content (AvgIpc) is 2.51. The molecule has 0 bridgehead atoms. The van der Waals surface area contributed by atoms with Gasteiger partial charge in [-0.05, 0) is 12.8 Å². The molecular weight excluding hydrogens is 392 g/mol. The molecule has 4 atom stereocenters. The summed E-state index contributed by atoms with van der Waals surface area (Å²) in [5.41, 5.74) is -8.22. The zero-order valence-corrected chi connectivity index (χ0v) is 14.0. The zero-order valence-electron chi connectivity index (χ0n) is 14.0. The maximum absolute atomic E-state index is 11.5. The van der Waals surface area contributed by atoms with Gasteiger partial charge in [-0.15, -0.1) is 0 Å². The van der Waals surface area contributed by atoms with Crippen LogP contribution in [0.15, 0.2) is 0 Å². The molecule has 0 amide bonds. The van der Waals surface area contributed by atoms with E-state index < -0.39 is 84.5 Å². The maximum Gasteiger partial charge on any atom is 0.340 e. The molecule has 0 heterocycles. The topological polar surface area (TPSA) is 264 Å². The summed E-state index contributed by atoms with van der Waals surface area (Å²) in [6.45, 7) is 0. The highest BCUT2D eigenvalue weighted by atomic mass is 16.5. The number of carboxylic acids is 6. The quantitative estimate of drug-likeness (QED) is 0.159. The van der Waals surface area contributed by atoms with Gasteiger partial charge < -0.3 is 40.9 Å². The number of hydrogen-bond donors (Lipinski definition) is 8. The number of aliphatic hydroxyl groups is 2. The van der Waals surface area contributed by atoms with Crippen LogP contribution in [0.3, 0.4) is 0 Å². The third-order valence-electron chi connectivity index (χ3n) is 4.10. The first-order valence-corrected chi connectivity index (χ1v) is 7.42. The van der Waals surface area contributed by atoms with Gasteiger partial charge in [-0.1, -0.05) is 0 Å². The third-order valence-corrected chi connectivity index (χ3v) is 4.10. The highest BCUT2D eigenvalue weighted by Crippen LogP contribution is 2.38. The van der Waals surface area contributed by atoms with Gasteiger partial charge in [0.05, 0.1) is 12.3 Å². The van der Waals surface area contributed by atoms with Crippen LogP contribution in [-0.2, 0) is 28.8 Å². The van der Waals surface area contributed by atoms with Crippen molar-refractivity contribution in [3.8, 4) is 0 Å². The SMILES string of the molecule is O=C(O)CCC(CC(C(=O)O)C(O)(C(=O)O)C(O)(CC(=O)O)C(=O)O)C(=O)O. The first kappa shape index (κ1) is 24.7. The summed E-state index contributed by atoms with van der Waals surface area (Å²) in [4.78, 5) is 67.1. The van der Waals surface area contributed by atoms with E-state index in [0.717, 1.165) is 0 Å². The molecule has 0 spiro atoms. The van der Waals surface area contributed by atoms with Gasteiger partial charge in [-0.25, -0.2) is 9.59 Å². The standard InChI is InChI=1S/C14H18O14/c15-7(16)2-1-5(9(19)20)3-6(10(21)22)14(28,12(25)26)13(27,11(23)24)4-8(17)18/h5-6,27-28H,1-4H2,(H,15,16)(H,17,18)(H,19,20)(H,21,22)(H,23,24)(H,25,26). The number of rotatable bonds is 13. The summed E-state index contributed by atoms with van der Waals surface area (Å²) < 4.78 is 0. The molecule has 0 aliphatic rings. The Morgan fingerprint density at radius 3 is 1.50 bits per heavy atom. The predicted molar refractivity (Wildman–Crippen MR) is 81.2 cm³/mol. The van der Waals surface area contributed by atoms with Crippen molar-refractivity contribution in [1.29, 1.82) is 0 Å². The van der Waals surface area contributed by atoms with Gasteiger partial charge in [-0.2, -0.15) is 0 Å². The first-order valence-electron chi connectivity index (χ1n) is 7.42. The van der Waals surface area contributed by atoms with Gasteiger partial charge in [0.2, 0.25) is 11.2 Å².